The Morgan fingerprint density at radius 1 is 1.06 bits per heavy atom. The number of rotatable bonds is 6. The average Bonchev–Trinajstić information content (AvgIpc) is 2.35. The quantitative estimate of drug-likeness (QED) is 0.589. The zero-order valence-corrected chi connectivity index (χ0v) is 11.4. The van der Waals surface area contributed by atoms with E-state index < -0.39 is 0 Å². The highest BCUT2D eigenvalue weighted by atomic mass is 35.5. The molecule has 2 atom stereocenters. The topological polar surface area (TPSA) is 0 Å². The van der Waals surface area contributed by atoms with E-state index >= 15 is 0 Å². The van der Waals surface area contributed by atoms with Crippen molar-refractivity contribution in [2.45, 2.75) is 51.9 Å². The third-order valence-electron chi connectivity index (χ3n) is 3.41. The SMILES string of the molecule is CCCC(CCl)c1ccc(C(C)CC)cc1. The summed E-state index contributed by atoms with van der Waals surface area (Å²) in [4.78, 5) is 0. The molecule has 0 fully saturated rings. The molecule has 0 saturated heterocycles. The van der Waals surface area contributed by atoms with Gasteiger partial charge in [0.25, 0.3) is 0 Å². The normalized spacial score (nSPS) is 14.8. The van der Waals surface area contributed by atoms with Crippen LogP contribution in [-0.4, -0.2) is 5.88 Å². The Balaban J connectivity index is 2.76. The van der Waals surface area contributed by atoms with Crippen LogP contribution >= 0.6 is 11.6 Å². The molecule has 1 aromatic carbocycles. The average molecular weight is 239 g/mol. The van der Waals surface area contributed by atoms with E-state index in [1.54, 1.807) is 0 Å². The summed E-state index contributed by atoms with van der Waals surface area (Å²) in [6, 6.07) is 9.03. The van der Waals surface area contributed by atoms with Crippen LogP contribution < -0.4 is 0 Å². The predicted octanol–water partition coefficient (Wildman–Crippen LogP) is 5.32. The maximum Gasteiger partial charge on any atom is 0.0292 e. The molecule has 0 amide bonds. The van der Waals surface area contributed by atoms with Crippen LogP contribution in [0.3, 0.4) is 0 Å². The summed E-state index contributed by atoms with van der Waals surface area (Å²) < 4.78 is 0. The summed E-state index contributed by atoms with van der Waals surface area (Å²) in [7, 11) is 0. The first-order valence-electron chi connectivity index (χ1n) is 6.38. The van der Waals surface area contributed by atoms with E-state index in [9.17, 15) is 0 Å². The fourth-order valence-corrected chi connectivity index (χ4v) is 2.35. The molecule has 90 valence electrons. The Hall–Kier alpha value is -0.490. The maximum atomic E-state index is 6.01. The smallest absolute Gasteiger partial charge is 0.0292 e. The largest absolute Gasteiger partial charge is 0.126 e. The van der Waals surface area contributed by atoms with E-state index in [4.69, 9.17) is 11.6 Å². The van der Waals surface area contributed by atoms with Gasteiger partial charge in [-0.05, 0) is 35.8 Å². The van der Waals surface area contributed by atoms with Crippen molar-refractivity contribution in [1.29, 1.82) is 0 Å². The van der Waals surface area contributed by atoms with E-state index in [2.05, 4.69) is 45.0 Å². The van der Waals surface area contributed by atoms with Gasteiger partial charge in [0.1, 0.15) is 0 Å². The van der Waals surface area contributed by atoms with Crippen molar-refractivity contribution < 1.29 is 0 Å². The first kappa shape index (κ1) is 13.6. The number of hydrogen-bond donors (Lipinski definition) is 0. The molecule has 0 spiro atoms. The van der Waals surface area contributed by atoms with Gasteiger partial charge in [0.05, 0.1) is 0 Å². The Morgan fingerprint density at radius 3 is 2.06 bits per heavy atom. The lowest BCUT2D eigenvalue weighted by molar-refractivity contribution is 0.668. The molecule has 0 aromatic heterocycles. The molecule has 0 N–H and O–H groups in total. The monoisotopic (exact) mass is 238 g/mol. The first-order chi connectivity index (χ1) is 7.72. The highest BCUT2D eigenvalue weighted by Crippen LogP contribution is 2.25. The minimum absolute atomic E-state index is 0.526. The predicted molar refractivity (Wildman–Crippen MR) is 73.5 cm³/mol. The van der Waals surface area contributed by atoms with Crippen molar-refractivity contribution >= 4 is 11.6 Å². The lowest BCUT2D eigenvalue weighted by atomic mass is 9.92. The molecule has 16 heavy (non-hydrogen) atoms. The molecule has 2 unspecified atom stereocenters. The van der Waals surface area contributed by atoms with Gasteiger partial charge < -0.3 is 0 Å². The van der Waals surface area contributed by atoms with Crippen molar-refractivity contribution in [2.75, 3.05) is 5.88 Å². The van der Waals surface area contributed by atoms with Gasteiger partial charge in [0.2, 0.25) is 0 Å². The van der Waals surface area contributed by atoms with Gasteiger partial charge in [0, 0.05) is 5.88 Å². The van der Waals surface area contributed by atoms with Gasteiger partial charge in [-0.2, -0.15) is 0 Å². The van der Waals surface area contributed by atoms with Crippen LogP contribution in [0.15, 0.2) is 24.3 Å². The molecule has 0 heterocycles. The van der Waals surface area contributed by atoms with Gasteiger partial charge in [-0.3, -0.25) is 0 Å². The minimum atomic E-state index is 0.526. The second kappa shape index (κ2) is 6.96. The third-order valence-corrected chi connectivity index (χ3v) is 3.79. The molecule has 1 heteroatoms. The molecule has 1 aromatic rings. The molecular formula is C15H23Cl. The zero-order chi connectivity index (χ0) is 12.0. The lowest BCUT2D eigenvalue weighted by Crippen LogP contribution is -2.01. The van der Waals surface area contributed by atoms with E-state index in [0.717, 1.165) is 5.88 Å². The van der Waals surface area contributed by atoms with Gasteiger partial charge in [-0.15, -0.1) is 11.6 Å². The standard InChI is InChI=1S/C15H23Cl/c1-4-6-15(11-16)14-9-7-13(8-10-14)12(3)5-2/h7-10,12,15H,4-6,11H2,1-3H3. The lowest BCUT2D eigenvalue weighted by Gasteiger charge is -2.15. The van der Waals surface area contributed by atoms with Crippen LogP contribution in [0.1, 0.15) is 63.0 Å². The molecule has 0 aliphatic heterocycles. The first-order valence-corrected chi connectivity index (χ1v) is 6.92. The second-order valence-corrected chi connectivity index (χ2v) is 4.92. The Labute approximate surface area is 105 Å². The summed E-state index contributed by atoms with van der Waals surface area (Å²) >= 11 is 6.01. The molecule has 0 nitrogen and oxygen atoms in total. The highest BCUT2D eigenvalue weighted by Gasteiger charge is 2.10. The summed E-state index contributed by atoms with van der Waals surface area (Å²) in [5.74, 6) is 1.92. The van der Waals surface area contributed by atoms with Gasteiger partial charge >= 0.3 is 0 Å². The molecule has 0 radical (unpaired) electrons. The van der Waals surface area contributed by atoms with Crippen LogP contribution in [0.4, 0.5) is 0 Å². The number of hydrogen-bond acceptors (Lipinski definition) is 0. The molecule has 1 rings (SSSR count). The van der Waals surface area contributed by atoms with Crippen molar-refractivity contribution in [3.63, 3.8) is 0 Å². The Kier molecular flexibility index (Phi) is 5.90. The van der Waals surface area contributed by atoms with Crippen LogP contribution in [0, 0.1) is 0 Å². The summed E-state index contributed by atoms with van der Waals surface area (Å²) in [6.45, 7) is 6.73. The zero-order valence-electron chi connectivity index (χ0n) is 10.7. The van der Waals surface area contributed by atoms with E-state index in [0.29, 0.717) is 11.8 Å². The fraction of sp³-hybridized carbons (Fsp3) is 0.600. The third kappa shape index (κ3) is 3.52. The Bertz CT molecular complexity index is 289. The van der Waals surface area contributed by atoms with Crippen molar-refractivity contribution in [3.8, 4) is 0 Å². The maximum absolute atomic E-state index is 6.01. The number of halogens is 1. The molecule has 0 aliphatic carbocycles. The molecule has 0 saturated carbocycles. The van der Waals surface area contributed by atoms with Crippen LogP contribution in [0.5, 0.6) is 0 Å². The van der Waals surface area contributed by atoms with E-state index in [1.165, 1.54) is 30.4 Å². The second-order valence-electron chi connectivity index (χ2n) is 4.62. The highest BCUT2D eigenvalue weighted by molar-refractivity contribution is 6.18. The van der Waals surface area contributed by atoms with E-state index in [1.807, 2.05) is 0 Å². The summed E-state index contributed by atoms with van der Waals surface area (Å²) in [5.41, 5.74) is 2.83. The fourth-order valence-electron chi connectivity index (χ4n) is 2.01. The van der Waals surface area contributed by atoms with Crippen LogP contribution in [0.25, 0.3) is 0 Å². The van der Waals surface area contributed by atoms with Gasteiger partial charge in [-0.1, -0.05) is 51.5 Å². The summed E-state index contributed by atoms with van der Waals surface area (Å²) in [5, 5.41) is 0. The molecule has 0 bridgehead atoms. The Morgan fingerprint density at radius 2 is 1.62 bits per heavy atom. The van der Waals surface area contributed by atoms with Crippen LogP contribution in [-0.2, 0) is 0 Å². The van der Waals surface area contributed by atoms with E-state index in [-0.39, 0.29) is 0 Å². The molecular weight excluding hydrogens is 216 g/mol. The van der Waals surface area contributed by atoms with Gasteiger partial charge in [-0.25, -0.2) is 0 Å². The van der Waals surface area contributed by atoms with Crippen molar-refractivity contribution in [3.05, 3.63) is 35.4 Å². The number of benzene rings is 1. The van der Waals surface area contributed by atoms with Crippen molar-refractivity contribution in [1.82, 2.24) is 0 Å². The minimum Gasteiger partial charge on any atom is -0.126 e. The number of alkyl halides is 1. The summed E-state index contributed by atoms with van der Waals surface area (Å²) in [6.07, 6.45) is 3.59. The van der Waals surface area contributed by atoms with Gasteiger partial charge in [0.15, 0.2) is 0 Å². The molecule has 0 aliphatic rings. The van der Waals surface area contributed by atoms with Crippen LogP contribution in [0.2, 0.25) is 0 Å². The van der Waals surface area contributed by atoms with Crippen molar-refractivity contribution in [2.24, 2.45) is 0 Å².